The lowest BCUT2D eigenvalue weighted by atomic mass is 10.3. The first-order chi connectivity index (χ1) is 9.42. The summed E-state index contributed by atoms with van der Waals surface area (Å²) in [6.07, 6.45) is 0. The molecule has 0 unspecified atom stereocenters. The van der Waals surface area contributed by atoms with Crippen LogP contribution in [0.15, 0.2) is 30.3 Å². The van der Waals surface area contributed by atoms with Crippen molar-refractivity contribution in [1.82, 2.24) is 4.98 Å². The Bertz CT molecular complexity index is 570. The molecule has 0 bridgehead atoms. The van der Waals surface area contributed by atoms with E-state index in [1.807, 2.05) is 0 Å². The Kier molecular flexibility index (Phi) is 4.65. The van der Waals surface area contributed by atoms with Gasteiger partial charge in [-0.25, -0.2) is 14.2 Å². The number of benzene rings is 1. The summed E-state index contributed by atoms with van der Waals surface area (Å²) >= 11 is 17.1. The summed E-state index contributed by atoms with van der Waals surface area (Å²) in [5.41, 5.74) is 0.578. The lowest BCUT2D eigenvalue weighted by molar-refractivity contribution is 0.262. The van der Waals surface area contributed by atoms with Crippen molar-refractivity contribution < 1.29 is 9.18 Å². The molecular weight excluding hydrogens is 328 g/mol. The number of aromatic nitrogens is 1. The molecule has 1 aromatic carbocycles. The van der Waals surface area contributed by atoms with E-state index in [-0.39, 0.29) is 21.0 Å². The van der Waals surface area contributed by atoms with Gasteiger partial charge < -0.3 is 10.6 Å². The molecule has 0 fully saturated rings. The van der Waals surface area contributed by atoms with Crippen molar-refractivity contribution in [1.29, 1.82) is 0 Å². The van der Waals surface area contributed by atoms with E-state index in [0.717, 1.165) is 12.1 Å². The second-order valence-electron chi connectivity index (χ2n) is 3.74. The van der Waals surface area contributed by atoms with Crippen LogP contribution < -0.4 is 10.6 Å². The molecule has 2 N–H and O–H groups in total. The Labute approximate surface area is 128 Å². The SMILES string of the molecule is O=C(Nc1cc(F)cc(Cl)c1)Nc1cc(Cl)nc(Cl)c1. The van der Waals surface area contributed by atoms with E-state index in [9.17, 15) is 9.18 Å². The number of rotatable bonds is 2. The number of halogens is 4. The van der Waals surface area contributed by atoms with Crippen LogP contribution in [-0.2, 0) is 0 Å². The van der Waals surface area contributed by atoms with Gasteiger partial charge in [0.1, 0.15) is 16.1 Å². The van der Waals surface area contributed by atoms with Crippen LogP contribution in [0.4, 0.5) is 20.6 Å². The number of hydrogen-bond donors (Lipinski definition) is 2. The Hall–Kier alpha value is -1.56. The zero-order chi connectivity index (χ0) is 14.7. The number of nitrogens with one attached hydrogen (secondary N) is 2. The fourth-order valence-corrected chi connectivity index (χ4v) is 2.14. The van der Waals surface area contributed by atoms with E-state index in [4.69, 9.17) is 34.8 Å². The summed E-state index contributed by atoms with van der Waals surface area (Å²) in [6.45, 7) is 0. The van der Waals surface area contributed by atoms with Crippen LogP contribution in [-0.4, -0.2) is 11.0 Å². The van der Waals surface area contributed by atoms with Crippen molar-refractivity contribution >= 4 is 52.2 Å². The molecule has 0 aliphatic carbocycles. The summed E-state index contributed by atoms with van der Waals surface area (Å²) in [7, 11) is 0. The lowest BCUT2D eigenvalue weighted by Gasteiger charge is -2.08. The predicted octanol–water partition coefficient (Wildman–Crippen LogP) is 4.82. The monoisotopic (exact) mass is 333 g/mol. The third-order valence-electron chi connectivity index (χ3n) is 2.14. The maximum absolute atomic E-state index is 13.1. The first-order valence-corrected chi connectivity index (χ1v) is 6.43. The van der Waals surface area contributed by atoms with E-state index in [0.29, 0.717) is 5.69 Å². The third kappa shape index (κ3) is 4.23. The van der Waals surface area contributed by atoms with E-state index in [1.54, 1.807) is 0 Å². The van der Waals surface area contributed by atoms with Crippen molar-refractivity contribution in [2.45, 2.75) is 0 Å². The van der Waals surface area contributed by atoms with Crippen LogP contribution in [0.3, 0.4) is 0 Å². The minimum Gasteiger partial charge on any atom is -0.308 e. The molecule has 1 heterocycles. The third-order valence-corrected chi connectivity index (χ3v) is 2.75. The van der Waals surface area contributed by atoms with Crippen LogP contribution in [0.5, 0.6) is 0 Å². The summed E-state index contributed by atoms with van der Waals surface area (Å²) in [4.78, 5) is 15.5. The molecule has 104 valence electrons. The lowest BCUT2D eigenvalue weighted by Crippen LogP contribution is -2.19. The fraction of sp³-hybridized carbons (Fsp3) is 0. The first-order valence-electron chi connectivity index (χ1n) is 5.29. The smallest absolute Gasteiger partial charge is 0.308 e. The first kappa shape index (κ1) is 14.8. The number of pyridine rings is 1. The molecule has 8 heteroatoms. The number of hydrogen-bond acceptors (Lipinski definition) is 2. The molecule has 0 aliphatic rings. The van der Waals surface area contributed by atoms with Gasteiger partial charge >= 0.3 is 6.03 Å². The predicted molar refractivity (Wildman–Crippen MR) is 78.3 cm³/mol. The molecule has 0 aliphatic heterocycles. The van der Waals surface area contributed by atoms with Gasteiger partial charge in [-0.1, -0.05) is 34.8 Å². The molecule has 0 saturated carbocycles. The van der Waals surface area contributed by atoms with Gasteiger partial charge in [0.2, 0.25) is 0 Å². The number of urea groups is 1. The molecule has 1 aromatic heterocycles. The Morgan fingerprint density at radius 3 is 2.05 bits per heavy atom. The van der Waals surface area contributed by atoms with Crippen molar-refractivity contribution in [2.24, 2.45) is 0 Å². The zero-order valence-electron chi connectivity index (χ0n) is 9.75. The Balaban J connectivity index is 2.08. The molecular formula is C12H7Cl3FN3O. The Morgan fingerprint density at radius 1 is 0.950 bits per heavy atom. The normalized spacial score (nSPS) is 10.2. The Morgan fingerprint density at radius 2 is 1.50 bits per heavy atom. The fourth-order valence-electron chi connectivity index (χ4n) is 1.46. The van der Waals surface area contributed by atoms with Gasteiger partial charge in [0, 0.05) is 16.4 Å². The zero-order valence-corrected chi connectivity index (χ0v) is 12.0. The standard InChI is InChI=1S/C12H7Cl3FN3O/c13-6-1-7(16)3-8(2-6)17-12(20)18-9-4-10(14)19-11(15)5-9/h1-5H,(H2,17,18,19,20). The summed E-state index contributed by atoms with van der Waals surface area (Å²) in [5.74, 6) is -0.553. The second kappa shape index (κ2) is 6.26. The van der Waals surface area contributed by atoms with Gasteiger partial charge in [-0.05, 0) is 30.3 Å². The van der Waals surface area contributed by atoms with Gasteiger partial charge in [-0.15, -0.1) is 0 Å². The van der Waals surface area contributed by atoms with Gasteiger partial charge in [0.15, 0.2) is 0 Å². The minimum atomic E-state index is -0.593. The molecule has 20 heavy (non-hydrogen) atoms. The van der Waals surface area contributed by atoms with E-state index < -0.39 is 11.8 Å². The number of nitrogens with zero attached hydrogens (tertiary/aromatic N) is 1. The molecule has 2 amide bonds. The average Bonchev–Trinajstić information content (AvgIpc) is 2.24. The summed E-state index contributed by atoms with van der Waals surface area (Å²) < 4.78 is 13.1. The molecule has 0 atom stereocenters. The van der Waals surface area contributed by atoms with Gasteiger partial charge in [-0.2, -0.15) is 0 Å². The van der Waals surface area contributed by atoms with Crippen LogP contribution in [0.1, 0.15) is 0 Å². The largest absolute Gasteiger partial charge is 0.323 e. The van der Waals surface area contributed by atoms with Crippen molar-refractivity contribution in [3.8, 4) is 0 Å². The van der Waals surface area contributed by atoms with E-state index in [2.05, 4.69) is 15.6 Å². The van der Waals surface area contributed by atoms with Crippen LogP contribution in [0, 0.1) is 5.82 Å². The highest BCUT2D eigenvalue weighted by molar-refractivity contribution is 6.33. The van der Waals surface area contributed by atoms with Gasteiger partial charge in [0.25, 0.3) is 0 Å². The van der Waals surface area contributed by atoms with Gasteiger partial charge in [-0.3, -0.25) is 0 Å². The van der Waals surface area contributed by atoms with Crippen molar-refractivity contribution in [3.05, 3.63) is 51.5 Å². The number of carbonyl (C=O) groups is 1. The van der Waals surface area contributed by atoms with Crippen LogP contribution in [0.25, 0.3) is 0 Å². The quantitative estimate of drug-likeness (QED) is 0.773. The molecule has 0 saturated heterocycles. The molecule has 2 aromatic rings. The van der Waals surface area contributed by atoms with Crippen LogP contribution >= 0.6 is 34.8 Å². The molecule has 0 spiro atoms. The highest BCUT2D eigenvalue weighted by Gasteiger charge is 2.07. The summed E-state index contributed by atoms with van der Waals surface area (Å²) in [6, 6.07) is 5.93. The average molecular weight is 335 g/mol. The van der Waals surface area contributed by atoms with E-state index in [1.165, 1.54) is 18.2 Å². The highest BCUT2D eigenvalue weighted by Crippen LogP contribution is 2.20. The van der Waals surface area contributed by atoms with Crippen molar-refractivity contribution in [2.75, 3.05) is 10.6 Å². The minimum absolute atomic E-state index is 0.140. The molecule has 0 radical (unpaired) electrons. The maximum Gasteiger partial charge on any atom is 0.323 e. The topological polar surface area (TPSA) is 54.0 Å². The molecule has 4 nitrogen and oxygen atoms in total. The number of carbonyl (C=O) groups excluding carboxylic acids is 1. The van der Waals surface area contributed by atoms with E-state index >= 15 is 0 Å². The van der Waals surface area contributed by atoms with Gasteiger partial charge in [0.05, 0.1) is 0 Å². The van der Waals surface area contributed by atoms with Crippen LogP contribution in [0.2, 0.25) is 15.3 Å². The number of anilines is 2. The van der Waals surface area contributed by atoms with Crippen molar-refractivity contribution in [3.63, 3.8) is 0 Å². The number of amides is 2. The second-order valence-corrected chi connectivity index (χ2v) is 4.95. The summed E-state index contributed by atoms with van der Waals surface area (Å²) in [5, 5.41) is 5.37. The maximum atomic E-state index is 13.1. The molecule has 2 rings (SSSR count). The highest BCUT2D eigenvalue weighted by atomic mass is 35.5.